The van der Waals surface area contributed by atoms with Gasteiger partial charge in [0.1, 0.15) is 5.76 Å². The lowest BCUT2D eigenvalue weighted by molar-refractivity contribution is -0.143. The fourth-order valence-corrected chi connectivity index (χ4v) is 2.83. The van der Waals surface area contributed by atoms with Gasteiger partial charge in [0.05, 0.1) is 16.7 Å². The number of benzene rings is 2. The first-order valence-corrected chi connectivity index (χ1v) is 9.74. The lowest BCUT2D eigenvalue weighted by Crippen LogP contribution is -2.21. The number of halogens is 10. The van der Waals surface area contributed by atoms with Gasteiger partial charge in [-0.2, -0.15) is 39.5 Å². The summed E-state index contributed by atoms with van der Waals surface area (Å²) in [6.45, 7) is 0.466. The summed E-state index contributed by atoms with van der Waals surface area (Å²) < 4.78 is 119. The number of anilines is 1. The highest BCUT2D eigenvalue weighted by atomic mass is 79.9. The Morgan fingerprint density at radius 3 is 1.76 bits per heavy atom. The van der Waals surface area contributed by atoms with Gasteiger partial charge >= 0.3 is 18.5 Å². The van der Waals surface area contributed by atoms with E-state index in [4.69, 9.17) is 0 Å². The minimum atomic E-state index is -5.24. The van der Waals surface area contributed by atoms with E-state index in [0.717, 1.165) is 0 Å². The van der Waals surface area contributed by atoms with Gasteiger partial charge in [0.25, 0.3) is 5.91 Å². The van der Waals surface area contributed by atoms with Crippen LogP contribution in [-0.2, 0) is 17.1 Å². The second-order valence-corrected chi connectivity index (χ2v) is 7.74. The molecule has 2 rings (SSSR count). The zero-order valence-corrected chi connectivity index (χ0v) is 18.3. The molecule has 0 aliphatic rings. The summed E-state index contributed by atoms with van der Waals surface area (Å²) in [7, 11) is 0. The third-order valence-corrected chi connectivity index (χ3v) is 4.87. The molecular weight excluding hydrogens is 549 g/mol. The molecule has 2 aromatic carbocycles. The molecule has 0 aromatic heterocycles. The fourth-order valence-electron chi connectivity index (χ4n) is 2.56. The molecule has 0 bridgehead atoms. The summed E-state index contributed by atoms with van der Waals surface area (Å²) in [4.78, 5) is 12.5. The molecule has 3 nitrogen and oxygen atoms in total. The Kier molecular flexibility index (Phi) is 7.80. The van der Waals surface area contributed by atoms with Crippen LogP contribution in [0.5, 0.6) is 0 Å². The van der Waals surface area contributed by atoms with E-state index in [1.165, 1.54) is 24.3 Å². The van der Waals surface area contributed by atoms with Crippen molar-refractivity contribution in [3.63, 3.8) is 0 Å². The van der Waals surface area contributed by atoms with E-state index in [2.05, 4.69) is 15.9 Å². The highest BCUT2D eigenvalue weighted by Gasteiger charge is 2.38. The largest absolute Gasteiger partial charge is 0.507 e. The van der Waals surface area contributed by atoms with Crippen LogP contribution >= 0.6 is 15.9 Å². The maximum Gasteiger partial charge on any atom is 0.416 e. The van der Waals surface area contributed by atoms with E-state index in [-0.39, 0.29) is 23.8 Å². The Hall–Kier alpha value is -2.96. The van der Waals surface area contributed by atoms with Crippen molar-refractivity contribution in [1.29, 1.82) is 0 Å². The molecule has 184 valence electrons. The van der Waals surface area contributed by atoms with Crippen molar-refractivity contribution in [2.45, 2.75) is 25.5 Å². The summed E-state index contributed by atoms with van der Waals surface area (Å²) in [5.41, 5.74) is -7.37. The number of allylic oxidation sites excluding steroid dienone is 1. The minimum absolute atomic E-state index is 0.0121. The number of carbonyl (C=O) groups excluding carboxylic acids is 1. The summed E-state index contributed by atoms with van der Waals surface area (Å²) in [5.74, 6) is -2.49. The Morgan fingerprint density at radius 1 is 0.882 bits per heavy atom. The van der Waals surface area contributed by atoms with Crippen LogP contribution in [0.4, 0.5) is 45.2 Å². The molecule has 0 aliphatic heterocycles. The third kappa shape index (κ3) is 7.02. The standard InChI is InChI=1S/C21H13BrF9NO2/c1-10(19(23,24)25)16(9-17(33)11-2-4-14(22)5-3-11)18(34)32-15-7-12(20(26,27)28)6-13(8-15)21(29,30)31/h2-9,33H,1H3,(H,32,34)/b16-10-,17-9-. The van der Waals surface area contributed by atoms with Crippen LogP contribution in [0.2, 0.25) is 0 Å². The average molecular weight is 562 g/mol. The summed E-state index contributed by atoms with van der Waals surface area (Å²) in [6, 6.07) is 5.53. The second kappa shape index (κ2) is 9.72. The third-order valence-electron chi connectivity index (χ3n) is 4.34. The number of hydrogen-bond acceptors (Lipinski definition) is 2. The highest BCUT2D eigenvalue weighted by molar-refractivity contribution is 9.10. The Bertz CT molecular complexity index is 1100. The average Bonchev–Trinajstić information content (AvgIpc) is 2.69. The number of alkyl halides is 9. The zero-order chi connectivity index (χ0) is 26.1. The number of amides is 1. The molecule has 0 saturated heterocycles. The molecular formula is C21H13BrF9NO2. The lowest BCUT2D eigenvalue weighted by Gasteiger charge is -2.16. The van der Waals surface area contributed by atoms with E-state index >= 15 is 0 Å². The molecule has 13 heteroatoms. The number of rotatable bonds is 4. The van der Waals surface area contributed by atoms with Gasteiger partial charge in [-0.05, 0) is 43.3 Å². The molecule has 0 heterocycles. The molecule has 0 saturated carbocycles. The molecule has 0 spiro atoms. The Morgan fingerprint density at radius 2 is 1.35 bits per heavy atom. The molecule has 0 aliphatic carbocycles. The molecule has 2 N–H and O–H groups in total. The van der Waals surface area contributed by atoms with Crippen molar-refractivity contribution >= 4 is 33.3 Å². The summed E-state index contributed by atoms with van der Waals surface area (Å²) in [5, 5.41) is 11.8. The van der Waals surface area contributed by atoms with Crippen molar-refractivity contribution < 1.29 is 49.4 Å². The highest BCUT2D eigenvalue weighted by Crippen LogP contribution is 2.38. The molecule has 0 unspecified atom stereocenters. The number of nitrogens with one attached hydrogen (secondary N) is 1. The van der Waals surface area contributed by atoms with E-state index in [1.807, 2.05) is 0 Å². The normalized spacial score (nSPS) is 14.0. The number of carbonyl (C=O) groups is 1. The van der Waals surface area contributed by atoms with Crippen molar-refractivity contribution in [3.05, 3.63) is 80.8 Å². The predicted octanol–water partition coefficient (Wildman–Crippen LogP) is 7.90. The fraction of sp³-hybridized carbons (Fsp3) is 0.190. The molecule has 34 heavy (non-hydrogen) atoms. The van der Waals surface area contributed by atoms with Gasteiger partial charge in [-0.1, -0.05) is 28.1 Å². The molecule has 2 aromatic rings. The van der Waals surface area contributed by atoms with Gasteiger partial charge in [-0.15, -0.1) is 0 Å². The second-order valence-electron chi connectivity index (χ2n) is 6.82. The Balaban J connectivity index is 2.58. The molecule has 0 atom stereocenters. The van der Waals surface area contributed by atoms with E-state index in [0.29, 0.717) is 17.5 Å². The topological polar surface area (TPSA) is 49.3 Å². The summed E-state index contributed by atoms with van der Waals surface area (Å²) >= 11 is 3.11. The van der Waals surface area contributed by atoms with Gasteiger partial charge in [-0.3, -0.25) is 4.79 Å². The lowest BCUT2D eigenvalue weighted by atomic mass is 10.0. The first kappa shape index (κ1) is 27.3. The van der Waals surface area contributed by atoms with E-state index in [9.17, 15) is 49.4 Å². The van der Waals surface area contributed by atoms with Crippen molar-refractivity contribution in [2.75, 3.05) is 5.32 Å². The first-order valence-electron chi connectivity index (χ1n) is 8.95. The molecule has 0 fully saturated rings. The van der Waals surface area contributed by atoms with Crippen molar-refractivity contribution in [1.82, 2.24) is 0 Å². The van der Waals surface area contributed by atoms with Crippen LogP contribution in [0, 0.1) is 0 Å². The van der Waals surface area contributed by atoms with Crippen molar-refractivity contribution in [2.24, 2.45) is 0 Å². The monoisotopic (exact) mass is 561 g/mol. The summed E-state index contributed by atoms with van der Waals surface area (Å²) in [6.07, 6.45) is -15.2. The maximum absolute atomic E-state index is 13.3. The quantitative estimate of drug-likeness (QED) is 0.172. The van der Waals surface area contributed by atoms with Gasteiger partial charge in [-0.25, -0.2) is 0 Å². The van der Waals surface area contributed by atoms with Gasteiger partial charge in [0.2, 0.25) is 0 Å². The minimum Gasteiger partial charge on any atom is -0.507 e. The number of hydrogen-bond donors (Lipinski definition) is 2. The smallest absolute Gasteiger partial charge is 0.416 e. The van der Waals surface area contributed by atoms with Crippen LogP contribution < -0.4 is 5.32 Å². The number of aliphatic hydroxyl groups is 1. The predicted molar refractivity (Wildman–Crippen MR) is 109 cm³/mol. The maximum atomic E-state index is 13.3. The Labute approximate surface area is 194 Å². The van der Waals surface area contributed by atoms with E-state index in [1.54, 1.807) is 5.32 Å². The molecule has 1 amide bonds. The van der Waals surface area contributed by atoms with Gasteiger partial charge < -0.3 is 10.4 Å². The van der Waals surface area contributed by atoms with E-state index < -0.39 is 58.2 Å². The van der Waals surface area contributed by atoms with Crippen molar-refractivity contribution in [3.8, 4) is 0 Å². The van der Waals surface area contributed by atoms with Crippen LogP contribution in [0.15, 0.2) is 64.2 Å². The first-order chi connectivity index (χ1) is 15.4. The zero-order valence-electron chi connectivity index (χ0n) is 16.8. The molecule has 0 radical (unpaired) electrons. The van der Waals surface area contributed by atoms with Crippen LogP contribution in [0.3, 0.4) is 0 Å². The number of aliphatic hydroxyl groups excluding tert-OH is 1. The van der Waals surface area contributed by atoms with Gasteiger partial charge in [0, 0.05) is 21.3 Å². The van der Waals surface area contributed by atoms with Crippen LogP contribution in [0.25, 0.3) is 5.76 Å². The van der Waals surface area contributed by atoms with Gasteiger partial charge in [0.15, 0.2) is 0 Å². The van der Waals surface area contributed by atoms with Crippen LogP contribution in [-0.4, -0.2) is 17.2 Å². The van der Waals surface area contributed by atoms with Crippen LogP contribution in [0.1, 0.15) is 23.6 Å². The SMILES string of the molecule is C/C(=C(\C=C(/O)c1ccc(Br)cc1)C(=O)Nc1cc(C(F)(F)F)cc(C(F)(F)F)c1)C(F)(F)F.